The Morgan fingerprint density at radius 1 is 0.778 bits per heavy atom. The van der Waals surface area contributed by atoms with Crippen molar-refractivity contribution in [2.45, 2.75) is 0 Å². The van der Waals surface area contributed by atoms with Crippen LogP contribution in [-0.4, -0.2) is 9.13 Å². The monoisotopic (exact) mass is 428 g/mol. The molecule has 2 rings (SSSR count). The molecule has 0 aliphatic rings. The smallest absolute Gasteiger partial charge is 0.140 e. The lowest BCUT2D eigenvalue weighted by atomic mass is 10.6. The van der Waals surface area contributed by atoms with E-state index in [0.29, 0.717) is 15.4 Å². The van der Waals surface area contributed by atoms with Gasteiger partial charge in [-0.3, -0.25) is 4.57 Å². The topological polar surface area (TPSA) is 9.86 Å². The molecule has 0 bridgehead atoms. The number of aromatic nitrogens is 2. The lowest BCUT2D eigenvalue weighted by molar-refractivity contribution is 0.831. The molecule has 0 radical (unpaired) electrons. The van der Waals surface area contributed by atoms with Crippen molar-refractivity contribution in [2.75, 3.05) is 0 Å². The van der Waals surface area contributed by atoms with Crippen LogP contribution in [0.15, 0.2) is 4.60 Å². The molecule has 0 atom stereocenters. The zero-order chi connectivity index (χ0) is 13.8. The van der Waals surface area contributed by atoms with Crippen molar-refractivity contribution in [3.8, 4) is 5.82 Å². The largest absolute Gasteiger partial charge is 0.322 e. The minimum Gasteiger partial charge on any atom is -0.322 e. The van der Waals surface area contributed by atoms with Crippen LogP contribution in [0.1, 0.15) is 0 Å². The third kappa shape index (κ3) is 2.08. The molecule has 0 aliphatic heterocycles. The summed E-state index contributed by atoms with van der Waals surface area (Å²) in [4.78, 5) is 0. The van der Waals surface area contributed by atoms with Gasteiger partial charge in [0.2, 0.25) is 0 Å². The van der Waals surface area contributed by atoms with Gasteiger partial charge in [0.05, 0.1) is 15.1 Å². The van der Waals surface area contributed by atoms with E-state index in [1.807, 2.05) is 0 Å². The third-order valence-electron chi connectivity index (χ3n) is 2.34. The van der Waals surface area contributed by atoms with E-state index in [1.54, 1.807) is 11.6 Å². The van der Waals surface area contributed by atoms with Gasteiger partial charge in [0.1, 0.15) is 25.7 Å². The van der Waals surface area contributed by atoms with E-state index in [9.17, 15) is 0 Å². The summed E-state index contributed by atoms with van der Waals surface area (Å²) in [6.07, 6.45) is 0. The second kappa shape index (κ2) is 5.28. The summed E-state index contributed by atoms with van der Waals surface area (Å²) in [5.41, 5.74) is 0. The van der Waals surface area contributed by atoms with Crippen LogP contribution >= 0.6 is 85.5 Å². The summed E-state index contributed by atoms with van der Waals surface area (Å²) in [7, 11) is 1.74. The first kappa shape index (κ1) is 15.2. The second-order valence-corrected chi connectivity index (χ2v) is 6.33. The first-order chi connectivity index (χ1) is 8.29. The molecule has 9 heteroatoms. The summed E-state index contributed by atoms with van der Waals surface area (Å²) >= 11 is 39.6. The molecular formula is C9H3BrCl6N2. The van der Waals surface area contributed by atoms with Crippen LogP contribution in [-0.2, 0) is 7.05 Å². The molecule has 0 saturated heterocycles. The predicted octanol–water partition coefficient (Wildman–Crippen LogP) is 6.50. The number of rotatable bonds is 1. The number of hydrogen-bond donors (Lipinski definition) is 0. The van der Waals surface area contributed by atoms with E-state index in [1.165, 1.54) is 4.57 Å². The van der Waals surface area contributed by atoms with Gasteiger partial charge in [-0.05, 0) is 15.9 Å². The molecule has 2 aromatic heterocycles. The minimum absolute atomic E-state index is 0.160. The average Bonchev–Trinajstić information content (AvgIpc) is 2.64. The summed E-state index contributed by atoms with van der Waals surface area (Å²) in [6.45, 7) is 0. The highest BCUT2D eigenvalue weighted by atomic mass is 79.9. The molecule has 98 valence electrons. The van der Waals surface area contributed by atoms with Crippen molar-refractivity contribution in [3.05, 3.63) is 35.0 Å². The van der Waals surface area contributed by atoms with Crippen molar-refractivity contribution in [2.24, 2.45) is 7.05 Å². The van der Waals surface area contributed by atoms with Gasteiger partial charge in [-0.2, -0.15) is 0 Å². The first-order valence-electron chi connectivity index (χ1n) is 4.39. The van der Waals surface area contributed by atoms with Gasteiger partial charge in [0.25, 0.3) is 0 Å². The van der Waals surface area contributed by atoms with Crippen LogP contribution in [0.3, 0.4) is 0 Å². The predicted molar refractivity (Wildman–Crippen MR) is 82.5 cm³/mol. The SMILES string of the molecule is Cn1c(Br)c(Cl)c(Cl)c1-n1c(Cl)c(Cl)c(Cl)c1Cl. The highest BCUT2D eigenvalue weighted by molar-refractivity contribution is 9.10. The van der Waals surface area contributed by atoms with Crippen molar-refractivity contribution >= 4 is 85.5 Å². The number of halogens is 7. The van der Waals surface area contributed by atoms with Gasteiger partial charge in [-0.15, -0.1) is 0 Å². The molecule has 0 saturated carbocycles. The summed E-state index contributed by atoms with van der Waals surface area (Å²) in [6, 6.07) is 0. The van der Waals surface area contributed by atoms with Crippen LogP contribution in [0, 0.1) is 0 Å². The van der Waals surface area contributed by atoms with Crippen molar-refractivity contribution in [1.82, 2.24) is 9.13 Å². The minimum atomic E-state index is 0.160. The fourth-order valence-electron chi connectivity index (χ4n) is 1.47. The molecule has 0 aromatic carbocycles. The maximum absolute atomic E-state index is 6.15. The van der Waals surface area contributed by atoms with Crippen molar-refractivity contribution in [1.29, 1.82) is 0 Å². The zero-order valence-electron chi connectivity index (χ0n) is 8.54. The summed E-state index contributed by atoms with van der Waals surface area (Å²) < 4.78 is 3.69. The van der Waals surface area contributed by atoms with Crippen LogP contribution in [0.4, 0.5) is 0 Å². The Kier molecular flexibility index (Phi) is 4.45. The molecule has 0 amide bonds. The molecule has 2 heterocycles. The third-order valence-corrected chi connectivity index (χ3v) is 6.06. The van der Waals surface area contributed by atoms with E-state index in [2.05, 4.69) is 15.9 Å². The van der Waals surface area contributed by atoms with Gasteiger partial charge in [-0.1, -0.05) is 69.6 Å². The van der Waals surface area contributed by atoms with Gasteiger partial charge in [0.15, 0.2) is 0 Å². The fraction of sp³-hybridized carbons (Fsp3) is 0.111. The lowest BCUT2D eigenvalue weighted by Gasteiger charge is -2.09. The van der Waals surface area contributed by atoms with Crippen LogP contribution in [0.25, 0.3) is 5.82 Å². The first-order valence-corrected chi connectivity index (χ1v) is 7.45. The Bertz CT molecular complexity index is 537. The molecule has 2 nitrogen and oxygen atoms in total. The number of hydrogen-bond acceptors (Lipinski definition) is 0. The normalized spacial score (nSPS) is 11.3. The molecule has 18 heavy (non-hydrogen) atoms. The Hall–Kier alpha value is 0.780. The Morgan fingerprint density at radius 3 is 1.56 bits per heavy atom. The van der Waals surface area contributed by atoms with E-state index in [-0.39, 0.29) is 25.4 Å². The van der Waals surface area contributed by atoms with E-state index < -0.39 is 0 Å². The van der Waals surface area contributed by atoms with Crippen molar-refractivity contribution in [3.63, 3.8) is 0 Å². The Morgan fingerprint density at radius 2 is 1.22 bits per heavy atom. The van der Waals surface area contributed by atoms with Crippen molar-refractivity contribution < 1.29 is 0 Å². The van der Waals surface area contributed by atoms with Gasteiger partial charge in [-0.25, -0.2) is 0 Å². The highest BCUT2D eigenvalue weighted by Crippen LogP contribution is 2.45. The summed E-state index contributed by atoms with van der Waals surface area (Å²) in [5.74, 6) is 0.470. The Labute approximate surface area is 141 Å². The second-order valence-electron chi connectivity index (χ2n) is 3.35. The molecule has 0 aliphatic carbocycles. The van der Waals surface area contributed by atoms with Crippen LogP contribution < -0.4 is 0 Å². The zero-order valence-corrected chi connectivity index (χ0v) is 14.7. The molecule has 0 spiro atoms. The molecule has 0 unspecified atom stereocenters. The highest BCUT2D eigenvalue weighted by Gasteiger charge is 2.25. The maximum atomic E-state index is 6.15. The molecule has 0 fully saturated rings. The van der Waals surface area contributed by atoms with E-state index in [0.717, 1.165) is 0 Å². The quantitative estimate of drug-likeness (QED) is 0.488. The Balaban J connectivity index is 2.86. The lowest BCUT2D eigenvalue weighted by Crippen LogP contribution is -2.02. The van der Waals surface area contributed by atoms with Gasteiger partial charge >= 0.3 is 0 Å². The molecular weight excluding hydrogens is 429 g/mol. The molecule has 2 aromatic rings. The van der Waals surface area contributed by atoms with Gasteiger partial charge < -0.3 is 4.57 Å². The van der Waals surface area contributed by atoms with E-state index >= 15 is 0 Å². The summed E-state index contributed by atoms with van der Waals surface area (Å²) in [5, 5.41) is 1.29. The average molecular weight is 432 g/mol. The molecule has 0 N–H and O–H groups in total. The van der Waals surface area contributed by atoms with E-state index in [4.69, 9.17) is 69.6 Å². The van der Waals surface area contributed by atoms with Crippen LogP contribution in [0.5, 0.6) is 0 Å². The van der Waals surface area contributed by atoms with Gasteiger partial charge in [0, 0.05) is 7.05 Å². The number of nitrogens with zero attached hydrogens (tertiary/aromatic N) is 2. The fourth-order valence-corrected chi connectivity index (χ4v) is 3.47. The standard InChI is InChI=1S/C9H3BrCl6N2/c1-17-6(10)2(11)5(14)9(17)18-7(15)3(12)4(13)8(18)16/h1H3. The van der Waals surface area contributed by atoms with Crippen LogP contribution in [0.2, 0.25) is 30.4 Å². The maximum Gasteiger partial charge on any atom is 0.140 e.